The van der Waals surface area contributed by atoms with Crippen molar-refractivity contribution in [2.75, 3.05) is 5.32 Å². The molecule has 6 heteroatoms. The Labute approximate surface area is 138 Å². The molecule has 1 fully saturated rings. The maximum absolute atomic E-state index is 13.4. The largest absolute Gasteiger partial charge is 0.302 e. The summed E-state index contributed by atoms with van der Waals surface area (Å²) in [5, 5.41) is 12.5. The summed E-state index contributed by atoms with van der Waals surface area (Å²) in [6, 6.07) is 8.02. The van der Waals surface area contributed by atoms with Gasteiger partial charge in [-0.25, -0.2) is 9.37 Å². The first-order valence-electron chi connectivity index (χ1n) is 7.65. The maximum atomic E-state index is 13.4. The third-order valence-corrected chi connectivity index (χ3v) is 4.91. The number of amides is 1. The highest BCUT2D eigenvalue weighted by Crippen LogP contribution is 2.32. The minimum Gasteiger partial charge on any atom is -0.302 e. The second kappa shape index (κ2) is 6.88. The monoisotopic (exact) mass is 329 g/mol. The van der Waals surface area contributed by atoms with Crippen molar-refractivity contribution in [3.05, 3.63) is 35.0 Å². The van der Waals surface area contributed by atoms with Gasteiger partial charge in [0.15, 0.2) is 5.13 Å². The predicted molar refractivity (Wildman–Crippen MR) is 87.4 cm³/mol. The second-order valence-electron chi connectivity index (χ2n) is 5.64. The number of carbonyl (C=O) groups is 1. The van der Waals surface area contributed by atoms with Crippen molar-refractivity contribution in [1.82, 2.24) is 4.98 Å². The number of anilines is 1. The lowest BCUT2D eigenvalue weighted by Crippen LogP contribution is -2.24. The number of hydrogen-bond acceptors (Lipinski definition) is 4. The van der Waals surface area contributed by atoms with E-state index in [1.165, 1.54) is 18.6 Å². The molecule has 23 heavy (non-hydrogen) atoms. The Morgan fingerprint density at radius 3 is 2.83 bits per heavy atom. The van der Waals surface area contributed by atoms with Crippen LogP contribution in [0.4, 0.5) is 9.52 Å². The molecule has 1 aliphatic carbocycles. The number of aromatic nitrogens is 1. The van der Waals surface area contributed by atoms with E-state index in [0.717, 1.165) is 37.0 Å². The van der Waals surface area contributed by atoms with Gasteiger partial charge < -0.3 is 5.32 Å². The predicted octanol–water partition coefficient (Wildman–Crippen LogP) is 4.34. The first-order chi connectivity index (χ1) is 11.2. The Kier molecular flexibility index (Phi) is 4.68. The van der Waals surface area contributed by atoms with Gasteiger partial charge in [-0.15, -0.1) is 0 Å². The molecule has 2 aromatic rings. The van der Waals surface area contributed by atoms with E-state index in [1.807, 2.05) is 0 Å². The smallest absolute Gasteiger partial charge is 0.229 e. The van der Waals surface area contributed by atoms with E-state index in [-0.39, 0.29) is 17.6 Å². The van der Waals surface area contributed by atoms with Gasteiger partial charge in [0, 0.05) is 11.5 Å². The van der Waals surface area contributed by atoms with Crippen LogP contribution in [0.2, 0.25) is 0 Å². The maximum Gasteiger partial charge on any atom is 0.229 e. The summed E-state index contributed by atoms with van der Waals surface area (Å²) in [5.41, 5.74) is 0.951. The van der Waals surface area contributed by atoms with Crippen molar-refractivity contribution in [3.63, 3.8) is 0 Å². The molecule has 1 saturated carbocycles. The lowest BCUT2D eigenvalue weighted by Gasteiger charge is -2.19. The highest BCUT2D eigenvalue weighted by molar-refractivity contribution is 7.16. The summed E-state index contributed by atoms with van der Waals surface area (Å²) in [6.07, 6.45) is 5.14. The average Bonchev–Trinajstić information content (AvgIpc) is 2.98. The molecular weight excluding hydrogens is 313 g/mol. The number of hydrogen-bond donors (Lipinski definition) is 1. The van der Waals surface area contributed by atoms with Crippen LogP contribution >= 0.6 is 11.3 Å². The number of nitrogens with zero attached hydrogens (tertiary/aromatic N) is 2. The number of halogens is 1. The fourth-order valence-electron chi connectivity index (χ4n) is 2.85. The third-order valence-electron chi connectivity index (χ3n) is 4.03. The molecule has 0 bridgehead atoms. The lowest BCUT2D eigenvalue weighted by molar-refractivity contribution is -0.120. The average molecular weight is 329 g/mol. The van der Waals surface area contributed by atoms with Gasteiger partial charge in [-0.2, -0.15) is 5.26 Å². The summed E-state index contributed by atoms with van der Waals surface area (Å²) in [7, 11) is 0. The minimum atomic E-state index is -0.382. The van der Waals surface area contributed by atoms with E-state index in [1.54, 1.807) is 12.1 Å². The van der Waals surface area contributed by atoms with Crippen LogP contribution in [0, 0.1) is 23.1 Å². The van der Waals surface area contributed by atoms with Crippen LogP contribution in [0.15, 0.2) is 24.3 Å². The van der Waals surface area contributed by atoms with E-state index in [4.69, 9.17) is 0 Å². The highest BCUT2D eigenvalue weighted by Gasteiger charge is 2.23. The van der Waals surface area contributed by atoms with Crippen LogP contribution in [0.1, 0.15) is 37.0 Å². The van der Waals surface area contributed by atoms with Crippen molar-refractivity contribution in [2.45, 2.75) is 32.1 Å². The van der Waals surface area contributed by atoms with Crippen LogP contribution in [-0.4, -0.2) is 10.9 Å². The van der Waals surface area contributed by atoms with Gasteiger partial charge in [-0.05, 0) is 25.0 Å². The zero-order valence-corrected chi connectivity index (χ0v) is 13.3. The fourth-order valence-corrected chi connectivity index (χ4v) is 3.64. The molecule has 0 unspecified atom stereocenters. The number of carbonyl (C=O) groups excluding carboxylic acids is 1. The Hall–Kier alpha value is -2.26. The number of rotatable bonds is 3. The molecule has 3 rings (SSSR count). The normalized spacial score (nSPS) is 15.1. The van der Waals surface area contributed by atoms with Crippen molar-refractivity contribution in [1.29, 1.82) is 5.26 Å². The summed E-state index contributed by atoms with van der Waals surface area (Å²) >= 11 is 1.13. The molecular formula is C17H16FN3OS. The van der Waals surface area contributed by atoms with Crippen LogP contribution < -0.4 is 5.32 Å². The molecule has 0 radical (unpaired) electrons. The Bertz CT molecular complexity index is 759. The van der Waals surface area contributed by atoms with Crippen LogP contribution in [0.25, 0.3) is 11.3 Å². The van der Waals surface area contributed by atoms with E-state index < -0.39 is 0 Å². The molecule has 118 valence electrons. The summed E-state index contributed by atoms with van der Waals surface area (Å²) in [5.74, 6) is -0.392. The SMILES string of the molecule is N#Cc1sc(NC(=O)C2CCCCC2)nc1-c1cccc(F)c1. The molecule has 1 N–H and O–H groups in total. The zero-order chi connectivity index (χ0) is 16.2. The van der Waals surface area contributed by atoms with Crippen LogP contribution in [0.5, 0.6) is 0 Å². The summed E-state index contributed by atoms with van der Waals surface area (Å²) in [6.45, 7) is 0. The molecule has 0 saturated heterocycles. The third kappa shape index (κ3) is 3.57. The summed E-state index contributed by atoms with van der Waals surface area (Å²) in [4.78, 5) is 17.0. The molecule has 4 nitrogen and oxygen atoms in total. The van der Waals surface area contributed by atoms with E-state index in [0.29, 0.717) is 21.3 Å². The molecule has 1 heterocycles. The van der Waals surface area contributed by atoms with Crippen molar-refractivity contribution < 1.29 is 9.18 Å². The van der Waals surface area contributed by atoms with Crippen molar-refractivity contribution in [3.8, 4) is 17.3 Å². The molecule has 1 aliphatic rings. The summed E-state index contributed by atoms with van der Waals surface area (Å²) < 4.78 is 13.4. The Morgan fingerprint density at radius 2 is 2.13 bits per heavy atom. The topological polar surface area (TPSA) is 65.8 Å². The van der Waals surface area contributed by atoms with Gasteiger partial charge in [0.25, 0.3) is 0 Å². The molecule has 1 aromatic heterocycles. The molecule has 1 amide bonds. The van der Waals surface area contributed by atoms with Crippen LogP contribution in [-0.2, 0) is 4.79 Å². The van der Waals surface area contributed by atoms with E-state index in [2.05, 4.69) is 16.4 Å². The van der Waals surface area contributed by atoms with E-state index >= 15 is 0 Å². The standard InChI is InChI=1S/C17H16FN3OS/c18-13-8-4-7-12(9-13)15-14(10-19)23-17(20-15)21-16(22)11-5-2-1-3-6-11/h4,7-9,11H,1-3,5-6H2,(H,20,21,22). The van der Waals surface area contributed by atoms with Crippen molar-refractivity contribution in [2.24, 2.45) is 5.92 Å². The van der Waals surface area contributed by atoms with Gasteiger partial charge >= 0.3 is 0 Å². The lowest BCUT2D eigenvalue weighted by atomic mass is 9.89. The van der Waals surface area contributed by atoms with Gasteiger partial charge in [0.05, 0.1) is 0 Å². The number of benzene rings is 1. The number of thiazole rings is 1. The minimum absolute atomic E-state index is 0.0239. The first-order valence-corrected chi connectivity index (χ1v) is 8.47. The van der Waals surface area contributed by atoms with Gasteiger partial charge in [-0.3, -0.25) is 4.79 Å². The molecule has 0 aliphatic heterocycles. The Balaban J connectivity index is 1.82. The van der Waals surface area contributed by atoms with E-state index in [9.17, 15) is 14.4 Å². The quantitative estimate of drug-likeness (QED) is 0.911. The molecule has 1 aromatic carbocycles. The van der Waals surface area contributed by atoms with Crippen molar-refractivity contribution >= 4 is 22.4 Å². The van der Waals surface area contributed by atoms with Gasteiger partial charge in [0.1, 0.15) is 22.5 Å². The van der Waals surface area contributed by atoms with Gasteiger partial charge in [-0.1, -0.05) is 42.7 Å². The van der Waals surface area contributed by atoms with Gasteiger partial charge in [0.2, 0.25) is 5.91 Å². The highest BCUT2D eigenvalue weighted by atomic mass is 32.1. The molecule has 0 spiro atoms. The zero-order valence-electron chi connectivity index (χ0n) is 12.5. The number of nitrogens with one attached hydrogen (secondary N) is 1. The molecule has 0 atom stereocenters. The second-order valence-corrected chi connectivity index (χ2v) is 6.64. The number of nitriles is 1. The fraction of sp³-hybridized carbons (Fsp3) is 0.353. The Morgan fingerprint density at radius 1 is 1.35 bits per heavy atom. The van der Waals surface area contributed by atoms with Crippen LogP contribution in [0.3, 0.4) is 0 Å². The first kappa shape index (κ1) is 15.6.